The number of carbonyl (C=O) groups excluding carboxylic acids is 2. The van der Waals surface area contributed by atoms with Crippen molar-refractivity contribution in [2.24, 2.45) is 0 Å². The van der Waals surface area contributed by atoms with Crippen LogP contribution < -0.4 is 10.2 Å². The molecule has 23 heavy (non-hydrogen) atoms. The lowest BCUT2D eigenvalue weighted by Crippen LogP contribution is -2.50. The van der Waals surface area contributed by atoms with Crippen LogP contribution in [0.5, 0.6) is 0 Å². The zero-order valence-electron chi connectivity index (χ0n) is 13.9. The van der Waals surface area contributed by atoms with E-state index in [1.54, 1.807) is 4.90 Å². The summed E-state index contributed by atoms with van der Waals surface area (Å²) in [6.07, 6.45) is 4.71. The van der Waals surface area contributed by atoms with Gasteiger partial charge in [-0.3, -0.25) is 9.59 Å². The van der Waals surface area contributed by atoms with Crippen LogP contribution in [0.25, 0.3) is 0 Å². The first-order valence-corrected chi connectivity index (χ1v) is 8.32. The molecule has 1 unspecified atom stereocenters. The Balaban J connectivity index is 1.74. The zero-order valence-corrected chi connectivity index (χ0v) is 13.9. The van der Waals surface area contributed by atoms with Crippen molar-refractivity contribution in [1.82, 2.24) is 10.2 Å². The molecular formula is C18H25N3O2. The Morgan fingerprint density at radius 1 is 1.30 bits per heavy atom. The summed E-state index contributed by atoms with van der Waals surface area (Å²) in [5, 5.41) is 2.62. The van der Waals surface area contributed by atoms with E-state index in [0.29, 0.717) is 11.8 Å². The van der Waals surface area contributed by atoms with Gasteiger partial charge in [0, 0.05) is 24.2 Å². The van der Waals surface area contributed by atoms with Gasteiger partial charge in [-0.05, 0) is 57.5 Å². The Bertz CT molecular complexity index is 578. The van der Waals surface area contributed by atoms with Gasteiger partial charge >= 0.3 is 0 Å². The van der Waals surface area contributed by atoms with Gasteiger partial charge in [-0.1, -0.05) is 12.1 Å². The Kier molecular flexibility index (Phi) is 4.39. The molecule has 0 aromatic heterocycles. The van der Waals surface area contributed by atoms with Gasteiger partial charge in [-0.2, -0.15) is 0 Å². The van der Waals surface area contributed by atoms with Crippen molar-refractivity contribution in [2.75, 3.05) is 32.1 Å². The van der Waals surface area contributed by atoms with E-state index >= 15 is 0 Å². The number of anilines is 1. The van der Waals surface area contributed by atoms with Crippen molar-refractivity contribution >= 4 is 18.0 Å². The van der Waals surface area contributed by atoms with Crippen LogP contribution in [-0.2, 0) is 15.0 Å². The molecule has 0 radical (unpaired) electrons. The minimum Gasteiger partial charge on any atom is -0.347 e. The van der Waals surface area contributed by atoms with E-state index in [4.69, 9.17) is 0 Å². The lowest BCUT2D eigenvalue weighted by Gasteiger charge is -2.32. The number of hydrogen-bond donors (Lipinski definition) is 1. The van der Waals surface area contributed by atoms with Crippen LogP contribution in [0.1, 0.15) is 31.2 Å². The number of rotatable bonds is 6. The highest BCUT2D eigenvalue weighted by atomic mass is 16.2. The van der Waals surface area contributed by atoms with Gasteiger partial charge in [0.05, 0.1) is 0 Å². The summed E-state index contributed by atoms with van der Waals surface area (Å²) in [4.78, 5) is 27.1. The van der Waals surface area contributed by atoms with Crippen LogP contribution in [0, 0.1) is 0 Å². The molecule has 1 aromatic carbocycles. The number of piperidine rings is 1. The third kappa shape index (κ3) is 3.24. The van der Waals surface area contributed by atoms with E-state index in [9.17, 15) is 9.59 Å². The summed E-state index contributed by atoms with van der Waals surface area (Å²) in [6, 6.07) is 8.04. The van der Waals surface area contributed by atoms with E-state index in [0.717, 1.165) is 31.6 Å². The summed E-state index contributed by atoms with van der Waals surface area (Å²) < 4.78 is 0. The largest absolute Gasteiger partial charge is 0.347 e. The molecule has 1 saturated carbocycles. The molecule has 5 nitrogen and oxygen atoms in total. The maximum Gasteiger partial charge on any atom is 0.249 e. The molecule has 2 amide bonds. The molecule has 1 heterocycles. The van der Waals surface area contributed by atoms with Crippen LogP contribution in [0.4, 0.5) is 5.69 Å². The van der Waals surface area contributed by atoms with E-state index in [1.165, 1.54) is 18.4 Å². The normalized spacial score (nSPS) is 23.0. The Hall–Kier alpha value is -1.88. The van der Waals surface area contributed by atoms with Crippen molar-refractivity contribution in [2.45, 2.75) is 37.1 Å². The highest BCUT2D eigenvalue weighted by Gasteiger charge is 2.44. The second kappa shape index (κ2) is 6.32. The maximum absolute atomic E-state index is 12.5. The van der Waals surface area contributed by atoms with Gasteiger partial charge in [0.25, 0.3) is 0 Å². The lowest BCUT2D eigenvalue weighted by molar-refractivity contribution is -0.124. The van der Waals surface area contributed by atoms with Crippen molar-refractivity contribution in [3.05, 3.63) is 29.8 Å². The minimum atomic E-state index is -0.385. The highest BCUT2D eigenvalue weighted by molar-refractivity contribution is 5.98. The first kappa shape index (κ1) is 16.0. The van der Waals surface area contributed by atoms with Gasteiger partial charge in [0.2, 0.25) is 12.3 Å². The van der Waals surface area contributed by atoms with Crippen LogP contribution in [0.3, 0.4) is 0 Å². The quantitative estimate of drug-likeness (QED) is 0.810. The fraction of sp³-hybridized carbons (Fsp3) is 0.556. The number of nitrogens with zero attached hydrogens (tertiary/aromatic N) is 2. The topological polar surface area (TPSA) is 52.6 Å². The highest BCUT2D eigenvalue weighted by Crippen LogP contribution is 2.48. The number of nitrogens with one attached hydrogen (secondary N) is 1. The number of likely N-dealkylation sites (N-methyl/N-ethyl adjacent to an activating group) is 1. The maximum atomic E-state index is 12.5. The molecule has 3 rings (SSSR count). The molecule has 1 N–H and O–H groups in total. The van der Waals surface area contributed by atoms with E-state index in [-0.39, 0.29) is 11.9 Å². The number of carbonyl (C=O) groups is 2. The Morgan fingerprint density at radius 3 is 2.57 bits per heavy atom. The van der Waals surface area contributed by atoms with Gasteiger partial charge in [-0.25, -0.2) is 0 Å². The van der Waals surface area contributed by atoms with Crippen molar-refractivity contribution in [3.8, 4) is 0 Å². The van der Waals surface area contributed by atoms with Crippen LogP contribution in [-0.4, -0.2) is 50.4 Å². The third-order valence-corrected chi connectivity index (χ3v) is 4.97. The van der Waals surface area contributed by atoms with Gasteiger partial charge in [0.1, 0.15) is 6.04 Å². The zero-order chi connectivity index (χ0) is 16.4. The number of hydrogen-bond acceptors (Lipinski definition) is 3. The summed E-state index contributed by atoms with van der Waals surface area (Å²) in [5.74, 6) is -0.00877. The lowest BCUT2D eigenvalue weighted by atomic mass is 9.95. The summed E-state index contributed by atoms with van der Waals surface area (Å²) in [7, 11) is 4.22. The molecule has 2 fully saturated rings. The van der Waals surface area contributed by atoms with Crippen molar-refractivity contribution < 1.29 is 9.59 Å². The van der Waals surface area contributed by atoms with Gasteiger partial charge < -0.3 is 15.1 Å². The van der Waals surface area contributed by atoms with Crippen LogP contribution in [0.2, 0.25) is 0 Å². The predicted octanol–water partition coefficient (Wildman–Crippen LogP) is 1.52. The van der Waals surface area contributed by atoms with Crippen LogP contribution >= 0.6 is 0 Å². The fourth-order valence-electron chi connectivity index (χ4n) is 3.66. The first-order chi connectivity index (χ1) is 11.1. The smallest absolute Gasteiger partial charge is 0.249 e. The summed E-state index contributed by atoms with van der Waals surface area (Å²) in [5.41, 5.74) is 2.59. The standard InChI is InChI=1S/C18H25N3O2/c1-20(2)12-18(9-10-18)14-5-7-15(8-6-14)21-11-3-4-16(17(21)23)19-13-22/h5-8,13,16H,3-4,9-12H2,1-2H3,(H,19,22). The van der Waals surface area contributed by atoms with Gasteiger partial charge in [-0.15, -0.1) is 0 Å². The second-order valence-corrected chi connectivity index (χ2v) is 7.03. The summed E-state index contributed by atoms with van der Waals surface area (Å²) in [6.45, 7) is 1.79. The predicted molar refractivity (Wildman–Crippen MR) is 90.5 cm³/mol. The minimum absolute atomic E-state index is 0.00877. The van der Waals surface area contributed by atoms with E-state index < -0.39 is 0 Å². The fourth-order valence-corrected chi connectivity index (χ4v) is 3.66. The first-order valence-electron chi connectivity index (χ1n) is 8.32. The van der Waals surface area contributed by atoms with Gasteiger partial charge in [0.15, 0.2) is 0 Å². The Morgan fingerprint density at radius 2 is 2.00 bits per heavy atom. The average molecular weight is 315 g/mol. The molecule has 0 bridgehead atoms. The summed E-state index contributed by atoms with van der Waals surface area (Å²) >= 11 is 0. The number of amides is 2. The molecule has 1 saturated heterocycles. The van der Waals surface area contributed by atoms with Crippen molar-refractivity contribution in [3.63, 3.8) is 0 Å². The van der Waals surface area contributed by atoms with Crippen LogP contribution in [0.15, 0.2) is 24.3 Å². The number of benzene rings is 1. The molecule has 0 spiro atoms. The molecule has 2 aliphatic rings. The molecule has 1 aliphatic heterocycles. The molecule has 1 aliphatic carbocycles. The molecule has 1 atom stereocenters. The molecule has 5 heteroatoms. The second-order valence-electron chi connectivity index (χ2n) is 7.03. The molecule has 124 valence electrons. The third-order valence-electron chi connectivity index (χ3n) is 4.97. The average Bonchev–Trinajstić information content (AvgIpc) is 3.30. The molecule has 1 aromatic rings. The Labute approximate surface area is 137 Å². The van der Waals surface area contributed by atoms with Crippen molar-refractivity contribution in [1.29, 1.82) is 0 Å². The molecular weight excluding hydrogens is 290 g/mol. The van der Waals surface area contributed by atoms with E-state index in [1.807, 2.05) is 12.1 Å². The van der Waals surface area contributed by atoms with E-state index in [2.05, 4.69) is 36.4 Å². The SMILES string of the molecule is CN(C)CC1(c2ccc(N3CCCC(NC=O)C3=O)cc2)CC1. The monoisotopic (exact) mass is 315 g/mol.